The number of carbonyl (C=O) groups excluding carboxylic acids is 1. The van der Waals surface area contributed by atoms with Crippen LogP contribution in [0.4, 0.5) is 4.39 Å². The number of carbonyl (C=O) groups is 1. The number of piperazine rings is 1. The standard InChI is InChI=1S/C18H18ClFN2O/c19-15-7-4-8-16(20)17(15)18(23)22-11-9-21(10-12-22)13-14-5-2-1-3-6-14/h1-8H,9-13H2. The van der Waals surface area contributed by atoms with Gasteiger partial charge in [0, 0.05) is 32.7 Å². The maximum absolute atomic E-state index is 13.9. The highest BCUT2D eigenvalue weighted by atomic mass is 35.5. The van der Waals surface area contributed by atoms with Crippen LogP contribution < -0.4 is 0 Å². The van der Waals surface area contributed by atoms with Gasteiger partial charge in [-0.25, -0.2) is 4.39 Å². The van der Waals surface area contributed by atoms with Gasteiger partial charge in [-0.2, -0.15) is 0 Å². The van der Waals surface area contributed by atoms with E-state index in [4.69, 9.17) is 11.6 Å². The van der Waals surface area contributed by atoms with E-state index in [2.05, 4.69) is 17.0 Å². The zero-order valence-corrected chi connectivity index (χ0v) is 13.5. The Balaban J connectivity index is 1.62. The number of nitrogens with zero attached hydrogens (tertiary/aromatic N) is 2. The van der Waals surface area contributed by atoms with Crippen LogP contribution in [-0.2, 0) is 6.54 Å². The van der Waals surface area contributed by atoms with Crippen LogP contribution in [0.15, 0.2) is 48.5 Å². The minimum absolute atomic E-state index is 0.0225. The molecule has 0 spiro atoms. The first-order valence-electron chi connectivity index (χ1n) is 7.65. The van der Waals surface area contributed by atoms with Crippen LogP contribution in [0.5, 0.6) is 0 Å². The lowest BCUT2D eigenvalue weighted by Gasteiger charge is -2.35. The van der Waals surface area contributed by atoms with Crippen molar-refractivity contribution in [2.45, 2.75) is 6.54 Å². The third-order valence-electron chi connectivity index (χ3n) is 4.09. The normalized spacial score (nSPS) is 15.7. The zero-order chi connectivity index (χ0) is 16.2. The molecule has 0 N–H and O–H groups in total. The fourth-order valence-corrected chi connectivity index (χ4v) is 3.05. The molecule has 0 unspecified atom stereocenters. The molecule has 0 bridgehead atoms. The first-order valence-corrected chi connectivity index (χ1v) is 8.02. The number of benzene rings is 2. The molecule has 2 aromatic carbocycles. The van der Waals surface area contributed by atoms with Crippen LogP contribution in [-0.4, -0.2) is 41.9 Å². The van der Waals surface area contributed by atoms with Crippen molar-refractivity contribution >= 4 is 17.5 Å². The first kappa shape index (κ1) is 16.0. The molecule has 23 heavy (non-hydrogen) atoms. The smallest absolute Gasteiger partial charge is 0.258 e. The predicted octanol–water partition coefficient (Wildman–Crippen LogP) is 3.44. The van der Waals surface area contributed by atoms with Crippen molar-refractivity contribution in [1.29, 1.82) is 0 Å². The minimum Gasteiger partial charge on any atom is -0.336 e. The van der Waals surface area contributed by atoms with Gasteiger partial charge in [-0.3, -0.25) is 9.69 Å². The third kappa shape index (κ3) is 3.71. The van der Waals surface area contributed by atoms with Gasteiger partial charge >= 0.3 is 0 Å². The Morgan fingerprint density at radius 3 is 2.35 bits per heavy atom. The average molecular weight is 333 g/mol. The predicted molar refractivity (Wildman–Crippen MR) is 89.0 cm³/mol. The van der Waals surface area contributed by atoms with E-state index in [0.717, 1.165) is 19.6 Å². The summed E-state index contributed by atoms with van der Waals surface area (Å²) in [4.78, 5) is 16.5. The molecule has 1 aliphatic heterocycles. The topological polar surface area (TPSA) is 23.6 Å². The van der Waals surface area contributed by atoms with Gasteiger partial charge in [-0.15, -0.1) is 0 Å². The third-order valence-corrected chi connectivity index (χ3v) is 4.40. The molecule has 0 aliphatic carbocycles. The maximum atomic E-state index is 13.9. The molecule has 0 aromatic heterocycles. The van der Waals surface area contributed by atoms with Crippen LogP contribution in [0.2, 0.25) is 5.02 Å². The molecule has 1 fully saturated rings. The van der Waals surface area contributed by atoms with Gasteiger partial charge < -0.3 is 4.90 Å². The molecule has 0 saturated carbocycles. The van der Waals surface area contributed by atoms with Gasteiger partial charge in [-0.05, 0) is 17.7 Å². The minimum atomic E-state index is -0.561. The van der Waals surface area contributed by atoms with E-state index >= 15 is 0 Å². The average Bonchev–Trinajstić information content (AvgIpc) is 2.56. The molecule has 0 radical (unpaired) electrons. The molecule has 2 aromatic rings. The van der Waals surface area contributed by atoms with E-state index in [1.54, 1.807) is 11.0 Å². The SMILES string of the molecule is O=C(c1c(F)cccc1Cl)N1CCN(Cc2ccccc2)CC1. The summed E-state index contributed by atoms with van der Waals surface area (Å²) in [6.07, 6.45) is 0. The lowest BCUT2D eigenvalue weighted by molar-refractivity contribution is 0.0624. The largest absolute Gasteiger partial charge is 0.336 e. The van der Waals surface area contributed by atoms with Gasteiger partial charge in [0.1, 0.15) is 5.82 Å². The van der Waals surface area contributed by atoms with E-state index in [1.165, 1.54) is 17.7 Å². The summed E-state index contributed by atoms with van der Waals surface area (Å²) in [6, 6.07) is 14.6. The lowest BCUT2D eigenvalue weighted by Crippen LogP contribution is -2.48. The van der Waals surface area contributed by atoms with Gasteiger partial charge in [0.15, 0.2) is 0 Å². The Bertz CT molecular complexity index is 664. The Hall–Kier alpha value is -1.91. The maximum Gasteiger partial charge on any atom is 0.258 e. The van der Waals surface area contributed by atoms with E-state index in [-0.39, 0.29) is 16.5 Å². The molecule has 3 rings (SSSR count). The highest BCUT2D eigenvalue weighted by Gasteiger charge is 2.25. The highest BCUT2D eigenvalue weighted by molar-refractivity contribution is 6.33. The first-order chi connectivity index (χ1) is 11.1. The molecule has 1 heterocycles. The second-order valence-corrected chi connectivity index (χ2v) is 6.06. The summed E-state index contributed by atoms with van der Waals surface area (Å²) >= 11 is 5.98. The molecule has 1 amide bonds. The molecule has 5 heteroatoms. The number of halogens is 2. The van der Waals surface area contributed by atoms with Gasteiger partial charge in [0.05, 0.1) is 10.6 Å². The Morgan fingerprint density at radius 1 is 1.00 bits per heavy atom. The van der Waals surface area contributed by atoms with Crippen LogP contribution in [0.25, 0.3) is 0 Å². The quantitative estimate of drug-likeness (QED) is 0.859. The monoisotopic (exact) mass is 332 g/mol. The van der Waals surface area contributed by atoms with Crippen LogP contribution in [0.3, 0.4) is 0 Å². The number of hydrogen-bond donors (Lipinski definition) is 0. The van der Waals surface area contributed by atoms with E-state index < -0.39 is 5.82 Å². The number of hydrogen-bond acceptors (Lipinski definition) is 2. The van der Waals surface area contributed by atoms with Crippen molar-refractivity contribution in [3.63, 3.8) is 0 Å². The fourth-order valence-electron chi connectivity index (χ4n) is 2.81. The number of rotatable bonds is 3. The van der Waals surface area contributed by atoms with E-state index in [0.29, 0.717) is 13.1 Å². The zero-order valence-electron chi connectivity index (χ0n) is 12.7. The molecular weight excluding hydrogens is 315 g/mol. The Kier molecular flexibility index (Phi) is 4.94. The summed E-state index contributed by atoms with van der Waals surface area (Å²) in [5.41, 5.74) is 1.23. The second kappa shape index (κ2) is 7.11. The molecule has 0 atom stereocenters. The van der Waals surface area contributed by atoms with E-state index in [1.807, 2.05) is 18.2 Å². The molecular formula is C18H18ClFN2O. The summed E-state index contributed by atoms with van der Waals surface area (Å²) < 4.78 is 13.9. The van der Waals surface area contributed by atoms with Crippen LogP contribution in [0.1, 0.15) is 15.9 Å². The molecule has 1 aliphatic rings. The molecule has 3 nitrogen and oxygen atoms in total. The van der Waals surface area contributed by atoms with Gasteiger partial charge in [-0.1, -0.05) is 48.0 Å². The Morgan fingerprint density at radius 2 is 1.70 bits per heavy atom. The van der Waals surface area contributed by atoms with Crippen molar-refractivity contribution in [1.82, 2.24) is 9.80 Å². The van der Waals surface area contributed by atoms with Crippen molar-refractivity contribution in [2.24, 2.45) is 0 Å². The molecule has 120 valence electrons. The van der Waals surface area contributed by atoms with Crippen molar-refractivity contribution in [3.05, 3.63) is 70.5 Å². The van der Waals surface area contributed by atoms with Crippen LogP contribution in [0, 0.1) is 5.82 Å². The summed E-state index contributed by atoms with van der Waals surface area (Å²) in [5.74, 6) is -0.887. The van der Waals surface area contributed by atoms with Crippen molar-refractivity contribution < 1.29 is 9.18 Å². The summed E-state index contributed by atoms with van der Waals surface area (Å²) in [7, 11) is 0. The lowest BCUT2D eigenvalue weighted by atomic mass is 10.1. The fraction of sp³-hybridized carbons (Fsp3) is 0.278. The number of amides is 1. The van der Waals surface area contributed by atoms with Crippen molar-refractivity contribution in [3.8, 4) is 0 Å². The molecule has 1 saturated heterocycles. The van der Waals surface area contributed by atoms with Crippen molar-refractivity contribution in [2.75, 3.05) is 26.2 Å². The Labute approximate surface area is 140 Å². The second-order valence-electron chi connectivity index (χ2n) is 5.65. The summed E-state index contributed by atoms with van der Waals surface area (Å²) in [5, 5.41) is 0.168. The van der Waals surface area contributed by atoms with Crippen LogP contribution >= 0.6 is 11.6 Å². The van der Waals surface area contributed by atoms with E-state index in [9.17, 15) is 9.18 Å². The van der Waals surface area contributed by atoms with Gasteiger partial charge in [0.25, 0.3) is 5.91 Å². The summed E-state index contributed by atoms with van der Waals surface area (Å²) in [6.45, 7) is 3.56. The highest BCUT2D eigenvalue weighted by Crippen LogP contribution is 2.21. The van der Waals surface area contributed by atoms with Gasteiger partial charge in [0.2, 0.25) is 0 Å².